The number of hydrogen-bond acceptors (Lipinski definition) is 4. The molecule has 0 atom stereocenters. The first-order valence-corrected chi connectivity index (χ1v) is 8.66. The minimum Gasteiger partial charge on any atom is -0.355 e. The molecule has 1 aromatic heterocycles. The van der Waals surface area contributed by atoms with Gasteiger partial charge in [0.1, 0.15) is 0 Å². The Bertz CT molecular complexity index is 528. The molecule has 0 radical (unpaired) electrons. The monoisotopic (exact) mass is 300 g/mol. The Kier molecular flexibility index (Phi) is 3.72. The van der Waals surface area contributed by atoms with Crippen LogP contribution in [0.5, 0.6) is 0 Å². The molecule has 4 rings (SSSR count). The number of carbonyl (C=O) groups is 1. The second kappa shape index (κ2) is 5.86. The van der Waals surface area contributed by atoms with Crippen molar-refractivity contribution in [2.45, 2.75) is 44.4 Å². The molecule has 5 nitrogen and oxygen atoms in total. The predicted molar refractivity (Wildman–Crippen MR) is 84.7 cm³/mol. The Hall–Kier alpha value is -1.65. The van der Waals surface area contributed by atoms with Gasteiger partial charge in [-0.15, -0.1) is 5.10 Å². The fourth-order valence-electron chi connectivity index (χ4n) is 3.56. The molecule has 5 heteroatoms. The van der Waals surface area contributed by atoms with Crippen molar-refractivity contribution in [2.24, 2.45) is 11.8 Å². The van der Waals surface area contributed by atoms with Crippen LogP contribution >= 0.6 is 0 Å². The van der Waals surface area contributed by atoms with Crippen LogP contribution in [0.15, 0.2) is 12.1 Å². The van der Waals surface area contributed by atoms with Crippen LogP contribution in [0, 0.1) is 11.8 Å². The van der Waals surface area contributed by atoms with Gasteiger partial charge in [0, 0.05) is 37.4 Å². The first kappa shape index (κ1) is 14.0. The van der Waals surface area contributed by atoms with Crippen LogP contribution in [0.4, 0.5) is 5.82 Å². The SMILES string of the molecule is O=C(NCC1CN(c2ccc(C3CC3)nn2)C1)C1CCCC1. The highest BCUT2D eigenvalue weighted by Crippen LogP contribution is 2.38. The lowest BCUT2D eigenvalue weighted by Crippen LogP contribution is -2.52. The van der Waals surface area contributed by atoms with Crippen molar-refractivity contribution in [3.8, 4) is 0 Å². The second-order valence-corrected chi connectivity index (χ2v) is 7.09. The summed E-state index contributed by atoms with van der Waals surface area (Å²) in [6.07, 6.45) is 7.10. The van der Waals surface area contributed by atoms with E-state index in [0.29, 0.717) is 11.8 Å². The van der Waals surface area contributed by atoms with E-state index in [9.17, 15) is 4.79 Å². The maximum absolute atomic E-state index is 12.0. The zero-order chi connectivity index (χ0) is 14.9. The smallest absolute Gasteiger partial charge is 0.223 e. The van der Waals surface area contributed by atoms with E-state index in [1.54, 1.807) is 0 Å². The number of hydrogen-bond donors (Lipinski definition) is 1. The standard InChI is InChI=1S/C17H24N4O/c22-17(14-3-1-2-4-14)18-9-12-10-21(11-12)16-8-7-15(19-20-16)13-5-6-13/h7-8,12-14H,1-6,9-11H2,(H,18,22). The van der Waals surface area contributed by atoms with Crippen LogP contribution in [0.3, 0.4) is 0 Å². The van der Waals surface area contributed by atoms with Crippen molar-refractivity contribution < 1.29 is 4.79 Å². The average Bonchev–Trinajstić information content (AvgIpc) is 3.20. The summed E-state index contributed by atoms with van der Waals surface area (Å²) in [5.74, 6) is 2.73. The average molecular weight is 300 g/mol. The predicted octanol–water partition coefficient (Wildman–Crippen LogP) is 2.10. The van der Waals surface area contributed by atoms with Crippen LogP contribution in [0.2, 0.25) is 0 Å². The lowest BCUT2D eigenvalue weighted by atomic mass is 9.99. The van der Waals surface area contributed by atoms with E-state index in [1.807, 2.05) is 0 Å². The summed E-state index contributed by atoms with van der Waals surface area (Å²) in [5.41, 5.74) is 1.14. The van der Waals surface area contributed by atoms with E-state index in [1.165, 1.54) is 25.7 Å². The quantitative estimate of drug-likeness (QED) is 0.904. The molecule has 1 aromatic rings. The van der Waals surface area contributed by atoms with Gasteiger partial charge in [-0.1, -0.05) is 12.8 Å². The molecule has 0 aromatic carbocycles. The van der Waals surface area contributed by atoms with Crippen molar-refractivity contribution in [3.05, 3.63) is 17.8 Å². The largest absolute Gasteiger partial charge is 0.355 e. The van der Waals surface area contributed by atoms with Gasteiger partial charge >= 0.3 is 0 Å². The summed E-state index contributed by atoms with van der Waals surface area (Å²) in [6.45, 7) is 2.75. The van der Waals surface area contributed by atoms with E-state index < -0.39 is 0 Å². The molecule has 1 saturated heterocycles. The molecule has 22 heavy (non-hydrogen) atoms. The summed E-state index contributed by atoms with van der Waals surface area (Å²) >= 11 is 0. The van der Waals surface area contributed by atoms with Crippen molar-refractivity contribution >= 4 is 11.7 Å². The Morgan fingerprint density at radius 3 is 2.55 bits per heavy atom. The molecular weight excluding hydrogens is 276 g/mol. The normalized spacial score (nSPS) is 22.6. The molecule has 0 spiro atoms. The zero-order valence-corrected chi connectivity index (χ0v) is 13.0. The Labute approximate surface area is 131 Å². The van der Waals surface area contributed by atoms with E-state index in [4.69, 9.17) is 0 Å². The number of rotatable bonds is 5. The minimum absolute atomic E-state index is 0.268. The summed E-state index contributed by atoms with van der Waals surface area (Å²) in [4.78, 5) is 14.2. The highest BCUT2D eigenvalue weighted by Gasteiger charge is 2.30. The van der Waals surface area contributed by atoms with Gasteiger partial charge in [-0.3, -0.25) is 4.79 Å². The topological polar surface area (TPSA) is 58.1 Å². The Morgan fingerprint density at radius 1 is 1.14 bits per heavy atom. The maximum Gasteiger partial charge on any atom is 0.223 e. The van der Waals surface area contributed by atoms with Crippen molar-refractivity contribution in [3.63, 3.8) is 0 Å². The molecule has 1 N–H and O–H groups in total. The molecule has 2 heterocycles. The van der Waals surface area contributed by atoms with Crippen LogP contribution in [-0.4, -0.2) is 35.7 Å². The Balaban J connectivity index is 1.21. The first-order chi connectivity index (χ1) is 10.8. The van der Waals surface area contributed by atoms with Gasteiger partial charge in [-0.25, -0.2) is 0 Å². The number of nitrogens with zero attached hydrogens (tertiary/aromatic N) is 3. The number of aromatic nitrogens is 2. The molecule has 2 saturated carbocycles. The fourth-order valence-corrected chi connectivity index (χ4v) is 3.56. The molecule has 3 fully saturated rings. The third-order valence-corrected chi connectivity index (χ3v) is 5.24. The third kappa shape index (κ3) is 2.94. The molecule has 118 valence electrons. The molecule has 0 bridgehead atoms. The van der Waals surface area contributed by atoms with Gasteiger partial charge in [0.15, 0.2) is 5.82 Å². The summed E-state index contributed by atoms with van der Waals surface area (Å²) < 4.78 is 0. The van der Waals surface area contributed by atoms with Gasteiger partial charge in [0.2, 0.25) is 5.91 Å². The van der Waals surface area contributed by atoms with Gasteiger partial charge in [-0.2, -0.15) is 5.10 Å². The number of nitrogens with one attached hydrogen (secondary N) is 1. The second-order valence-electron chi connectivity index (χ2n) is 7.09. The summed E-state index contributed by atoms with van der Waals surface area (Å²) in [6, 6.07) is 4.21. The highest BCUT2D eigenvalue weighted by molar-refractivity contribution is 5.78. The van der Waals surface area contributed by atoms with Crippen molar-refractivity contribution in [1.29, 1.82) is 0 Å². The molecule has 1 aliphatic heterocycles. The van der Waals surface area contributed by atoms with Crippen LogP contribution in [0.25, 0.3) is 0 Å². The van der Waals surface area contributed by atoms with Gasteiger partial charge in [0.25, 0.3) is 0 Å². The third-order valence-electron chi connectivity index (χ3n) is 5.24. The molecular formula is C17H24N4O. The van der Waals surface area contributed by atoms with E-state index >= 15 is 0 Å². The maximum atomic E-state index is 12.0. The van der Waals surface area contributed by atoms with Crippen LogP contribution in [0.1, 0.15) is 50.1 Å². The summed E-state index contributed by atoms with van der Waals surface area (Å²) in [7, 11) is 0. The number of carbonyl (C=O) groups excluding carboxylic acids is 1. The zero-order valence-electron chi connectivity index (χ0n) is 13.0. The van der Waals surface area contributed by atoms with E-state index in [2.05, 4.69) is 32.5 Å². The summed E-state index contributed by atoms with van der Waals surface area (Å²) in [5, 5.41) is 11.8. The molecule has 3 aliphatic rings. The molecule has 2 aliphatic carbocycles. The fraction of sp³-hybridized carbons (Fsp3) is 0.706. The van der Waals surface area contributed by atoms with E-state index in [-0.39, 0.29) is 11.8 Å². The van der Waals surface area contributed by atoms with Gasteiger partial charge in [0.05, 0.1) is 5.69 Å². The van der Waals surface area contributed by atoms with Gasteiger partial charge in [-0.05, 0) is 37.8 Å². The van der Waals surface area contributed by atoms with Crippen LogP contribution in [-0.2, 0) is 4.79 Å². The lowest BCUT2D eigenvalue weighted by Gasteiger charge is -2.40. The van der Waals surface area contributed by atoms with E-state index in [0.717, 1.165) is 44.0 Å². The highest BCUT2D eigenvalue weighted by atomic mass is 16.1. The number of amides is 1. The minimum atomic E-state index is 0.268. The van der Waals surface area contributed by atoms with Crippen molar-refractivity contribution in [2.75, 3.05) is 24.5 Å². The van der Waals surface area contributed by atoms with Gasteiger partial charge < -0.3 is 10.2 Å². The molecule has 0 unspecified atom stereocenters. The lowest BCUT2D eigenvalue weighted by molar-refractivity contribution is -0.125. The first-order valence-electron chi connectivity index (χ1n) is 8.66. The Morgan fingerprint density at radius 2 is 1.91 bits per heavy atom. The number of anilines is 1. The van der Waals surface area contributed by atoms with Crippen LogP contribution < -0.4 is 10.2 Å². The van der Waals surface area contributed by atoms with Crippen molar-refractivity contribution in [1.82, 2.24) is 15.5 Å². The molecule has 1 amide bonds.